The minimum atomic E-state index is -0.567. The molecule has 1 aromatic carbocycles. The summed E-state index contributed by atoms with van der Waals surface area (Å²) in [6, 6.07) is 3.44. The first-order valence-corrected chi connectivity index (χ1v) is 6.12. The highest BCUT2D eigenvalue weighted by Crippen LogP contribution is 2.21. The summed E-state index contributed by atoms with van der Waals surface area (Å²) in [6.07, 6.45) is 0.461. The number of hydrogen-bond donors (Lipinski definition) is 2. The van der Waals surface area contributed by atoms with E-state index < -0.39 is 11.6 Å². The van der Waals surface area contributed by atoms with Gasteiger partial charge in [-0.1, -0.05) is 6.07 Å². The first-order chi connectivity index (χ1) is 8.60. The van der Waals surface area contributed by atoms with Gasteiger partial charge in [0.2, 0.25) is 0 Å². The van der Waals surface area contributed by atoms with Crippen LogP contribution in [0.3, 0.4) is 0 Å². The molecule has 0 amide bonds. The molecule has 2 N–H and O–H groups in total. The number of likely N-dealkylation sites (N-methyl/N-ethyl adjacent to an activating group) is 1. The van der Waals surface area contributed by atoms with E-state index in [0.29, 0.717) is 18.7 Å². The molecule has 0 spiro atoms. The van der Waals surface area contributed by atoms with E-state index in [4.69, 9.17) is 0 Å². The van der Waals surface area contributed by atoms with Crippen molar-refractivity contribution in [1.82, 2.24) is 10.2 Å². The third kappa shape index (κ3) is 3.04. The van der Waals surface area contributed by atoms with E-state index in [1.165, 1.54) is 12.1 Å². The Morgan fingerprint density at radius 2 is 2.28 bits per heavy atom. The Labute approximate surface area is 105 Å². The third-order valence-corrected chi connectivity index (χ3v) is 3.37. The zero-order valence-corrected chi connectivity index (χ0v) is 10.4. The van der Waals surface area contributed by atoms with Crippen LogP contribution in [0.25, 0.3) is 0 Å². The predicted octanol–water partition coefficient (Wildman–Crippen LogP) is 1.29. The summed E-state index contributed by atoms with van der Waals surface area (Å²) in [5, 5.41) is 12.5. The van der Waals surface area contributed by atoms with Gasteiger partial charge in [0, 0.05) is 37.3 Å². The van der Waals surface area contributed by atoms with E-state index in [2.05, 4.69) is 10.2 Å². The fraction of sp³-hybridized carbons (Fsp3) is 0.538. The number of nitrogens with zero attached hydrogens (tertiary/aromatic N) is 1. The van der Waals surface area contributed by atoms with Crippen molar-refractivity contribution in [3.05, 3.63) is 35.4 Å². The maximum atomic E-state index is 13.7. The van der Waals surface area contributed by atoms with Crippen molar-refractivity contribution < 1.29 is 13.9 Å². The Hall–Kier alpha value is -1.04. The molecule has 0 saturated carbocycles. The second-order valence-electron chi connectivity index (χ2n) is 4.71. The number of aliphatic hydroxyl groups excluding tert-OH is 1. The lowest BCUT2D eigenvalue weighted by Crippen LogP contribution is -2.33. The number of nitrogens with one attached hydrogen (secondary N) is 1. The minimum absolute atomic E-state index is 0.198. The smallest absolute Gasteiger partial charge is 0.130 e. The van der Waals surface area contributed by atoms with Gasteiger partial charge in [0.25, 0.3) is 0 Å². The molecule has 100 valence electrons. The van der Waals surface area contributed by atoms with Gasteiger partial charge >= 0.3 is 0 Å². The van der Waals surface area contributed by atoms with Crippen LogP contribution >= 0.6 is 0 Å². The fourth-order valence-electron chi connectivity index (χ4n) is 2.37. The molecule has 5 heteroatoms. The van der Waals surface area contributed by atoms with Crippen molar-refractivity contribution in [2.24, 2.45) is 0 Å². The highest BCUT2D eigenvalue weighted by Gasteiger charge is 2.24. The monoisotopic (exact) mass is 256 g/mol. The second-order valence-corrected chi connectivity index (χ2v) is 4.71. The standard InChI is InChI=1S/C13H18F2N2O/c1-16-13(8-17-5-4-10(18)7-17)11-3-2-9(14)6-12(11)15/h2-3,6,10,13,16,18H,4-5,7-8H2,1H3/t10?,13-/m1/s1. The summed E-state index contributed by atoms with van der Waals surface area (Å²) in [5.41, 5.74) is 0.459. The maximum Gasteiger partial charge on any atom is 0.130 e. The van der Waals surface area contributed by atoms with Crippen LogP contribution in [0.1, 0.15) is 18.0 Å². The van der Waals surface area contributed by atoms with Crippen molar-refractivity contribution >= 4 is 0 Å². The molecule has 0 radical (unpaired) electrons. The van der Waals surface area contributed by atoms with Gasteiger partial charge in [-0.2, -0.15) is 0 Å². The van der Waals surface area contributed by atoms with Crippen molar-refractivity contribution in [3.8, 4) is 0 Å². The maximum absolute atomic E-state index is 13.7. The molecule has 1 unspecified atom stereocenters. The van der Waals surface area contributed by atoms with E-state index >= 15 is 0 Å². The summed E-state index contributed by atoms with van der Waals surface area (Å²) in [6.45, 7) is 2.03. The molecular formula is C13H18F2N2O. The van der Waals surface area contributed by atoms with Gasteiger partial charge < -0.3 is 10.4 Å². The zero-order valence-electron chi connectivity index (χ0n) is 10.4. The number of halogens is 2. The highest BCUT2D eigenvalue weighted by molar-refractivity contribution is 5.22. The molecule has 1 aliphatic heterocycles. The van der Waals surface area contributed by atoms with E-state index in [9.17, 15) is 13.9 Å². The molecule has 1 aliphatic rings. The molecular weight excluding hydrogens is 238 g/mol. The molecule has 0 bridgehead atoms. The molecule has 1 saturated heterocycles. The van der Waals surface area contributed by atoms with Gasteiger partial charge in [0.05, 0.1) is 6.10 Å². The van der Waals surface area contributed by atoms with Crippen LogP contribution in [0.5, 0.6) is 0 Å². The Kier molecular flexibility index (Phi) is 4.27. The summed E-state index contributed by atoms with van der Waals surface area (Å²) in [5.74, 6) is -1.10. The predicted molar refractivity (Wildman–Crippen MR) is 65.2 cm³/mol. The fourth-order valence-corrected chi connectivity index (χ4v) is 2.37. The van der Waals surface area contributed by atoms with Crippen LogP contribution in [0.2, 0.25) is 0 Å². The van der Waals surface area contributed by atoms with Gasteiger partial charge in [0.1, 0.15) is 11.6 Å². The second kappa shape index (κ2) is 5.73. The van der Waals surface area contributed by atoms with E-state index in [1.807, 2.05) is 0 Å². The number of β-amino-alcohol motifs (C(OH)–C–C–N with tert-alkyl or cyclic N) is 1. The van der Waals surface area contributed by atoms with Crippen LogP contribution in [0.15, 0.2) is 18.2 Å². The van der Waals surface area contributed by atoms with Crippen molar-refractivity contribution in [2.45, 2.75) is 18.6 Å². The quantitative estimate of drug-likeness (QED) is 0.852. The van der Waals surface area contributed by atoms with Gasteiger partial charge in [0.15, 0.2) is 0 Å². The lowest BCUT2D eigenvalue weighted by Gasteiger charge is -2.23. The van der Waals surface area contributed by atoms with Crippen LogP contribution in [0, 0.1) is 11.6 Å². The topological polar surface area (TPSA) is 35.5 Å². The van der Waals surface area contributed by atoms with Crippen molar-refractivity contribution in [3.63, 3.8) is 0 Å². The molecule has 0 aromatic heterocycles. The number of aliphatic hydroxyl groups is 1. The van der Waals surface area contributed by atoms with Crippen LogP contribution in [0.4, 0.5) is 8.78 Å². The normalized spacial score (nSPS) is 22.3. The Bertz CT molecular complexity index is 414. The minimum Gasteiger partial charge on any atom is -0.392 e. The summed E-state index contributed by atoms with van der Waals surface area (Å²) < 4.78 is 26.6. The SMILES string of the molecule is CN[C@H](CN1CCC(O)C1)c1ccc(F)cc1F. The number of hydrogen-bond acceptors (Lipinski definition) is 3. The average Bonchev–Trinajstić information content (AvgIpc) is 2.72. The Balaban J connectivity index is 2.08. The molecule has 3 nitrogen and oxygen atoms in total. The summed E-state index contributed by atoms with van der Waals surface area (Å²) >= 11 is 0. The molecule has 2 rings (SSSR count). The summed E-state index contributed by atoms with van der Waals surface area (Å²) in [4.78, 5) is 2.08. The van der Waals surface area contributed by atoms with Crippen molar-refractivity contribution in [1.29, 1.82) is 0 Å². The molecule has 1 heterocycles. The summed E-state index contributed by atoms with van der Waals surface area (Å²) in [7, 11) is 1.75. The zero-order chi connectivity index (χ0) is 13.1. The largest absolute Gasteiger partial charge is 0.392 e. The van der Waals surface area contributed by atoms with Crippen LogP contribution in [-0.4, -0.2) is 42.8 Å². The van der Waals surface area contributed by atoms with Gasteiger partial charge in [-0.25, -0.2) is 8.78 Å². The Morgan fingerprint density at radius 3 is 2.83 bits per heavy atom. The van der Waals surface area contributed by atoms with Crippen molar-refractivity contribution in [2.75, 3.05) is 26.7 Å². The van der Waals surface area contributed by atoms with Gasteiger partial charge in [-0.3, -0.25) is 4.90 Å². The van der Waals surface area contributed by atoms with E-state index in [-0.39, 0.29) is 12.1 Å². The molecule has 2 atom stereocenters. The van der Waals surface area contributed by atoms with Gasteiger partial charge in [-0.15, -0.1) is 0 Å². The first-order valence-electron chi connectivity index (χ1n) is 6.12. The highest BCUT2D eigenvalue weighted by atomic mass is 19.1. The molecule has 0 aliphatic carbocycles. The first kappa shape index (κ1) is 13.4. The Morgan fingerprint density at radius 1 is 1.50 bits per heavy atom. The lowest BCUT2D eigenvalue weighted by atomic mass is 10.1. The number of likely N-dealkylation sites (tertiary alicyclic amines) is 1. The molecule has 18 heavy (non-hydrogen) atoms. The average molecular weight is 256 g/mol. The molecule has 1 aromatic rings. The molecule has 1 fully saturated rings. The van der Waals surface area contributed by atoms with Crippen LogP contribution < -0.4 is 5.32 Å². The number of rotatable bonds is 4. The lowest BCUT2D eigenvalue weighted by molar-refractivity contribution is 0.172. The van der Waals surface area contributed by atoms with E-state index in [1.54, 1.807) is 7.05 Å². The van der Waals surface area contributed by atoms with E-state index in [0.717, 1.165) is 19.0 Å². The van der Waals surface area contributed by atoms with Crippen LogP contribution in [-0.2, 0) is 0 Å². The number of benzene rings is 1. The van der Waals surface area contributed by atoms with Gasteiger partial charge in [-0.05, 0) is 19.5 Å². The third-order valence-electron chi connectivity index (χ3n) is 3.37.